The summed E-state index contributed by atoms with van der Waals surface area (Å²) in [6.45, 7) is 4.13. The summed E-state index contributed by atoms with van der Waals surface area (Å²) < 4.78 is 0. The van der Waals surface area contributed by atoms with Gasteiger partial charge in [-0.15, -0.1) is 0 Å². The maximum absolute atomic E-state index is 11.3. The first kappa shape index (κ1) is 10.6. The highest BCUT2D eigenvalue weighted by Crippen LogP contribution is 2.16. The van der Waals surface area contributed by atoms with Gasteiger partial charge in [0.15, 0.2) is 0 Å². The zero-order chi connectivity index (χ0) is 9.68. The molecule has 3 heteroatoms. The molecule has 1 fully saturated rings. The fourth-order valence-electron chi connectivity index (χ4n) is 1.18. The van der Waals surface area contributed by atoms with Gasteiger partial charge in [-0.2, -0.15) is 11.8 Å². The number of hydrogen-bond donors (Lipinski definition) is 1. The summed E-state index contributed by atoms with van der Waals surface area (Å²) in [4.78, 5) is 11.3. The van der Waals surface area contributed by atoms with Crippen molar-refractivity contribution < 1.29 is 4.79 Å². The number of carbonyl (C=O) groups excluding carboxylic acids is 1. The van der Waals surface area contributed by atoms with E-state index in [0.29, 0.717) is 12.0 Å². The third-order valence-corrected chi connectivity index (χ3v) is 3.07. The molecular weight excluding hydrogens is 182 g/mol. The zero-order valence-electron chi connectivity index (χ0n) is 8.25. The summed E-state index contributed by atoms with van der Waals surface area (Å²) in [6, 6.07) is 0.398. The van der Waals surface area contributed by atoms with Crippen LogP contribution in [0, 0.1) is 5.92 Å². The van der Waals surface area contributed by atoms with Crippen LogP contribution in [0.2, 0.25) is 0 Å². The maximum Gasteiger partial charge on any atom is 0.243 e. The lowest BCUT2D eigenvalue weighted by Crippen LogP contribution is -2.33. The Balaban J connectivity index is 2.24. The number of hydrogen-bond acceptors (Lipinski definition) is 2. The van der Waals surface area contributed by atoms with Gasteiger partial charge < -0.3 is 5.32 Å². The SMILES string of the molecule is CC(C)/C=C/C(=O)NC1CCSC1. The van der Waals surface area contributed by atoms with Gasteiger partial charge in [0.1, 0.15) is 0 Å². The summed E-state index contributed by atoms with van der Waals surface area (Å²) in [6.07, 6.45) is 4.69. The zero-order valence-corrected chi connectivity index (χ0v) is 9.06. The van der Waals surface area contributed by atoms with Crippen LogP contribution in [-0.2, 0) is 4.79 Å². The molecule has 1 atom stereocenters. The van der Waals surface area contributed by atoms with Gasteiger partial charge in [0.05, 0.1) is 0 Å². The lowest BCUT2D eigenvalue weighted by Gasteiger charge is -2.08. The van der Waals surface area contributed by atoms with Crippen molar-refractivity contribution in [3.8, 4) is 0 Å². The molecule has 1 rings (SSSR count). The lowest BCUT2D eigenvalue weighted by molar-refractivity contribution is -0.117. The van der Waals surface area contributed by atoms with Gasteiger partial charge >= 0.3 is 0 Å². The highest BCUT2D eigenvalue weighted by Gasteiger charge is 2.15. The van der Waals surface area contributed by atoms with Crippen LogP contribution in [0.25, 0.3) is 0 Å². The first-order chi connectivity index (χ1) is 6.18. The Morgan fingerprint density at radius 1 is 1.62 bits per heavy atom. The molecule has 2 nitrogen and oxygen atoms in total. The quantitative estimate of drug-likeness (QED) is 0.702. The Labute approximate surface area is 84.2 Å². The third-order valence-electron chi connectivity index (χ3n) is 1.91. The van der Waals surface area contributed by atoms with Crippen molar-refractivity contribution in [1.82, 2.24) is 5.32 Å². The molecule has 0 aliphatic carbocycles. The van der Waals surface area contributed by atoms with E-state index in [0.717, 1.165) is 12.2 Å². The second kappa shape index (κ2) is 5.32. The topological polar surface area (TPSA) is 29.1 Å². The fraction of sp³-hybridized carbons (Fsp3) is 0.700. The molecule has 0 aromatic rings. The molecule has 1 aliphatic heterocycles. The van der Waals surface area contributed by atoms with Crippen LogP contribution in [0.1, 0.15) is 20.3 Å². The third kappa shape index (κ3) is 4.36. The smallest absolute Gasteiger partial charge is 0.243 e. The average Bonchev–Trinajstić information content (AvgIpc) is 2.53. The molecule has 0 bridgehead atoms. The normalized spacial score (nSPS) is 22.8. The molecule has 1 saturated heterocycles. The van der Waals surface area contributed by atoms with Crippen LogP contribution in [0.3, 0.4) is 0 Å². The van der Waals surface area contributed by atoms with Crippen molar-refractivity contribution in [3.63, 3.8) is 0 Å². The van der Waals surface area contributed by atoms with Crippen LogP contribution < -0.4 is 5.32 Å². The Bertz CT molecular complexity index is 195. The van der Waals surface area contributed by atoms with Crippen molar-refractivity contribution in [2.75, 3.05) is 11.5 Å². The van der Waals surface area contributed by atoms with Crippen molar-refractivity contribution in [1.29, 1.82) is 0 Å². The van der Waals surface area contributed by atoms with Crippen LogP contribution in [0.4, 0.5) is 0 Å². The van der Waals surface area contributed by atoms with Gasteiger partial charge in [0, 0.05) is 11.8 Å². The van der Waals surface area contributed by atoms with Crippen molar-refractivity contribution in [2.24, 2.45) is 5.92 Å². The molecule has 1 heterocycles. The molecule has 1 unspecified atom stereocenters. The molecular formula is C10H17NOS. The summed E-state index contributed by atoms with van der Waals surface area (Å²) in [5.41, 5.74) is 0. The number of nitrogens with one attached hydrogen (secondary N) is 1. The van der Waals surface area contributed by atoms with E-state index in [1.54, 1.807) is 6.08 Å². The highest BCUT2D eigenvalue weighted by atomic mass is 32.2. The van der Waals surface area contributed by atoms with Gasteiger partial charge in [-0.25, -0.2) is 0 Å². The Morgan fingerprint density at radius 2 is 2.38 bits per heavy atom. The van der Waals surface area contributed by atoms with Crippen LogP contribution in [0.15, 0.2) is 12.2 Å². The molecule has 13 heavy (non-hydrogen) atoms. The van der Waals surface area contributed by atoms with E-state index in [1.807, 2.05) is 17.8 Å². The number of thioether (sulfide) groups is 1. The highest BCUT2D eigenvalue weighted by molar-refractivity contribution is 7.99. The summed E-state index contributed by atoms with van der Waals surface area (Å²) in [7, 11) is 0. The molecule has 1 amide bonds. The van der Waals surface area contributed by atoms with Crippen LogP contribution in [-0.4, -0.2) is 23.5 Å². The van der Waals surface area contributed by atoms with Gasteiger partial charge in [-0.3, -0.25) is 4.79 Å². The largest absolute Gasteiger partial charge is 0.349 e. The monoisotopic (exact) mass is 199 g/mol. The van der Waals surface area contributed by atoms with E-state index in [2.05, 4.69) is 19.2 Å². The van der Waals surface area contributed by atoms with Crippen molar-refractivity contribution in [2.45, 2.75) is 26.3 Å². The van der Waals surface area contributed by atoms with E-state index in [4.69, 9.17) is 0 Å². The van der Waals surface area contributed by atoms with Gasteiger partial charge in [0.25, 0.3) is 0 Å². The van der Waals surface area contributed by atoms with Gasteiger partial charge in [-0.1, -0.05) is 19.9 Å². The van der Waals surface area contributed by atoms with E-state index < -0.39 is 0 Å². The van der Waals surface area contributed by atoms with Crippen molar-refractivity contribution in [3.05, 3.63) is 12.2 Å². The predicted molar refractivity (Wildman–Crippen MR) is 57.9 cm³/mol. The second-order valence-electron chi connectivity index (χ2n) is 3.67. The molecule has 0 spiro atoms. The minimum atomic E-state index is 0.0567. The van der Waals surface area contributed by atoms with E-state index in [-0.39, 0.29) is 5.91 Å². The van der Waals surface area contributed by atoms with E-state index in [1.165, 1.54) is 5.75 Å². The summed E-state index contributed by atoms with van der Waals surface area (Å²) in [5.74, 6) is 2.75. The fourth-order valence-corrected chi connectivity index (χ4v) is 2.33. The second-order valence-corrected chi connectivity index (χ2v) is 4.82. The van der Waals surface area contributed by atoms with Crippen LogP contribution in [0.5, 0.6) is 0 Å². The molecule has 0 saturated carbocycles. The summed E-state index contributed by atoms with van der Waals surface area (Å²) >= 11 is 1.91. The Kier molecular flexibility index (Phi) is 4.36. The minimum absolute atomic E-state index is 0.0567. The standard InChI is InChI=1S/C10H17NOS/c1-8(2)3-4-10(12)11-9-5-6-13-7-9/h3-4,8-9H,5-7H2,1-2H3,(H,11,12)/b4-3+. The molecule has 1 aliphatic rings. The first-order valence-electron chi connectivity index (χ1n) is 4.75. The summed E-state index contributed by atoms with van der Waals surface area (Å²) in [5, 5.41) is 2.99. The number of rotatable bonds is 3. The van der Waals surface area contributed by atoms with Crippen molar-refractivity contribution >= 4 is 17.7 Å². The number of amides is 1. The first-order valence-corrected chi connectivity index (χ1v) is 5.90. The predicted octanol–water partition coefficient (Wildman–Crippen LogP) is 1.82. The number of carbonyl (C=O) groups is 1. The molecule has 0 radical (unpaired) electrons. The molecule has 0 aromatic carbocycles. The Hall–Kier alpha value is -0.440. The Morgan fingerprint density at radius 3 is 2.92 bits per heavy atom. The average molecular weight is 199 g/mol. The van der Waals surface area contributed by atoms with Gasteiger partial charge in [-0.05, 0) is 24.2 Å². The molecule has 0 aromatic heterocycles. The lowest BCUT2D eigenvalue weighted by atomic mass is 10.2. The minimum Gasteiger partial charge on any atom is -0.349 e. The molecule has 1 N–H and O–H groups in total. The van der Waals surface area contributed by atoms with E-state index >= 15 is 0 Å². The number of allylic oxidation sites excluding steroid dienone is 1. The van der Waals surface area contributed by atoms with Gasteiger partial charge in [0.2, 0.25) is 5.91 Å². The van der Waals surface area contributed by atoms with Crippen LogP contribution >= 0.6 is 11.8 Å². The maximum atomic E-state index is 11.3. The van der Waals surface area contributed by atoms with E-state index in [9.17, 15) is 4.79 Å². The molecule has 74 valence electrons.